The maximum Gasteiger partial charge on any atom is 0.407 e. The number of rotatable bonds is 5. The molecule has 0 saturated heterocycles. The van der Waals surface area contributed by atoms with Crippen molar-refractivity contribution >= 4 is 6.09 Å². The number of hydrogen-bond donors (Lipinski definition) is 2. The molecule has 18 heavy (non-hydrogen) atoms. The molecule has 0 aromatic carbocycles. The first kappa shape index (κ1) is 14.4. The van der Waals surface area contributed by atoms with Gasteiger partial charge in [0.2, 0.25) is 0 Å². The van der Waals surface area contributed by atoms with Crippen LogP contribution < -0.4 is 5.32 Å². The van der Waals surface area contributed by atoms with Crippen molar-refractivity contribution in [3.63, 3.8) is 0 Å². The number of amides is 1. The first-order chi connectivity index (χ1) is 8.40. The Kier molecular flexibility index (Phi) is 5.08. The summed E-state index contributed by atoms with van der Waals surface area (Å²) in [6.45, 7) is 6.41. The second-order valence-corrected chi connectivity index (χ2v) is 4.91. The molecule has 1 rings (SSSR count). The van der Waals surface area contributed by atoms with E-state index in [0.717, 1.165) is 0 Å². The second kappa shape index (κ2) is 6.34. The number of alkyl carbamates (subject to hydrolysis) is 1. The molecule has 0 spiro atoms. The van der Waals surface area contributed by atoms with E-state index in [4.69, 9.17) is 9.84 Å². The molecule has 0 radical (unpaired) electrons. The molecule has 0 saturated carbocycles. The third-order valence-corrected chi connectivity index (χ3v) is 1.94. The molecular weight excluding hydrogens is 236 g/mol. The molecule has 7 nitrogen and oxygen atoms in total. The van der Waals surface area contributed by atoms with Crippen LogP contribution in [0, 0.1) is 0 Å². The molecule has 1 aromatic heterocycles. The van der Waals surface area contributed by atoms with E-state index in [1.165, 1.54) is 0 Å². The van der Waals surface area contributed by atoms with Gasteiger partial charge in [0, 0.05) is 13.2 Å². The van der Waals surface area contributed by atoms with Gasteiger partial charge in [-0.1, -0.05) is 5.21 Å². The Morgan fingerprint density at radius 1 is 1.56 bits per heavy atom. The predicted molar refractivity (Wildman–Crippen MR) is 64.8 cm³/mol. The Bertz CT molecular complexity index is 384. The second-order valence-electron chi connectivity index (χ2n) is 4.91. The normalized spacial score (nSPS) is 11.3. The van der Waals surface area contributed by atoms with Crippen LogP contribution in [-0.4, -0.2) is 38.4 Å². The molecule has 2 N–H and O–H groups in total. The van der Waals surface area contributed by atoms with Crippen molar-refractivity contribution in [3.05, 3.63) is 11.9 Å². The zero-order chi connectivity index (χ0) is 13.6. The van der Waals surface area contributed by atoms with E-state index in [9.17, 15) is 4.79 Å². The van der Waals surface area contributed by atoms with Gasteiger partial charge in [-0.15, -0.1) is 5.10 Å². The number of nitrogens with one attached hydrogen (secondary N) is 1. The third kappa shape index (κ3) is 5.62. The number of aryl methyl sites for hydroxylation is 1. The SMILES string of the molecule is CC(C)(C)OC(=O)NCc1cn(CCCO)nn1. The van der Waals surface area contributed by atoms with Crippen molar-refractivity contribution < 1.29 is 14.6 Å². The van der Waals surface area contributed by atoms with Crippen LogP contribution in [0.3, 0.4) is 0 Å². The Labute approximate surface area is 106 Å². The van der Waals surface area contributed by atoms with E-state index in [-0.39, 0.29) is 13.2 Å². The Morgan fingerprint density at radius 2 is 2.28 bits per heavy atom. The minimum atomic E-state index is -0.511. The quantitative estimate of drug-likeness (QED) is 0.809. The first-order valence-corrected chi connectivity index (χ1v) is 5.87. The minimum Gasteiger partial charge on any atom is -0.444 e. The highest BCUT2D eigenvalue weighted by molar-refractivity contribution is 5.67. The predicted octanol–water partition coefficient (Wildman–Crippen LogP) is 0.685. The summed E-state index contributed by atoms with van der Waals surface area (Å²) < 4.78 is 6.72. The molecule has 7 heteroatoms. The number of aliphatic hydroxyl groups excluding tert-OH is 1. The number of aliphatic hydroxyl groups is 1. The van der Waals surface area contributed by atoms with Gasteiger partial charge >= 0.3 is 6.09 Å². The van der Waals surface area contributed by atoms with Crippen molar-refractivity contribution in [2.24, 2.45) is 0 Å². The van der Waals surface area contributed by atoms with Crippen molar-refractivity contribution in [2.45, 2.75) is 45.9 Å². The lowest BCUT2D eigenvalue weighted by molar-refractivity contribution is 0.0523. The van der Waals surface area contributed by atoms with E-state index in [1.54, 1.807) is 31.6 Å². The van der Waals surface area contributed by atoms with Crippen LogP contribution in [0.15, 0.2) is 6.20 Å². The van der Waals surface area contributed by atoms with Crippen LogP contribution in [0.1, 0.15) is 32.9 Å². The van der Waals surface area contributed by atoms with E-state index in [2.05, 4.69) is 15.6 Å². The minimum absolute atomic E-state index is 0.116. The van der Waals surface area contributed by atoms with E-state index < -0.39 is 11.7 Å². The zero-order valence-corrected chi connectivity index (χ0v) is 11.0. The smallest absolute Gasteiger partial charge is 0.407 e. The molecule has 0 aliphatic heterocycles. The summed E-state index contributed by atoms with van der Waals surface area (Å²) >= 11 is 0. The third-order valence-electron chi connectivity index (χ3n) is 1.94. The average molecular weight is 256 g/mol. The summed E-state index contributed by atoms with van der Waals surface area (Å²) in [7, 11) is 0. The lowest BCUT2D eigenvalue weighted by Crippen LogP contribution is -2.32. The number of ether oxygens (including phenoxy) is 1. The summed E-state index contributed by atoms with van der Waals surface area (Å²) in [4.78, 5) is 11.4. The average Bonchev–Trinajstić information content (AvgIpc) is 2.69. The fourth-order valence-electron chi connectivity index (χ4n) is 1.24. The van der Waals surface area contributed by atoms with Gasteiger partial charge in [-0.05, 0) is 27.2 Å². The molecule has 1 aromatic rings. The zero-order valence-electron chi connectivity index (χ0n) is 11.0. The fraction of sp³-hybridized carbons (Fsp3) is 0.727. The number of nitrogens with zero attached hydrogens (tertiary/aromatic N) is 3. The van der Waals surface area contributed by atoms with E-state index >= 15 is 0 Å². The van der Waals surface area contributed by atoms with Crippen LogP contribution in [0.5, 0.6) is 0 Å². The summed E-state index contributed by atoms with van der Waals surface area (Å²) in [5.74, 6) is 0. The summed E-state index contributed by atoms with van der Waals surface area (Å²) in [6.07, 6.45) is 1.88. The lowest BCUT2D eigenvalue weighted by Gasteiger charge is -2.19. The van der Waals surface area contributed by atoms with Gasteiger partial charge in [0.15, 0.2) is 0 Å². The molecule has 0 aliphatic carbocycles. The topological polar surface area (TPSA) is 89.3 Å². The molecule has 0 fully saturated rings. The Hall–Kier alpha value is -1.63. The lowest BCUT2D eigenvalue weighted by atomic mass is 10.2. The van der Waals surface area contributed by atoms with Crippen molar-refractivity contribution in [1.29, 1.82) is 0 Å². The van der Waals surface area contributed by atoms with Crippen molar-refractivity contribution in [1.82, 2.24) is 20.3 Å². The number of carbonyl (C=O) groups is 1. The molecule has 0 atom stereocenters. The highest BCUT2D eigenvalue weighted by Crippen LogP contribution is 2.06. The fourth-order valence-corrected chi connectivity index (χ4v) is 1.24. The number of aromatic nitrogens is 3. The monoisotopic (exact) mass is 256 g/mol. The number of carbonyl (C=O) groups excluding carboxylic acids is 1. The van der Waals surface area contributed by atoms with Gasteiger partial charge in [-0.3, -0.25) is 4.68 Å². The Morgan fingerprint density at radius 3 is 2.89 bits per heavy atom. The molecule has 1 amide bonds. The summed E-state index contributed by atoms with van der Waals surface area (Å²) in [6, 6.07) is 0. The molecule has 1 heterocycles. The molecule has 102 valence electrons. The van der Waals surface area contributed by atoms with Crippen LogP contribution in [0.25, 0.3) is 0 Å². The molecular formula is C11H20N4O3. The van der Waals surface area contributed by atoms with Gasteiger partial charge in [0.05, 0.1) is 12.7 Å². The first-order valence-electron chi connectivity index (χ1n) is 5.87. The van der Waals surface area contributed by atoms with Gasteiger partial charge in [0.25, 0.3) is 0 Å². The van der Waals surface area contributed by atoms with Gasteiger partial charge < -0.3 is 15.2 Å². The van der Waals surface area contributed by atoms with Crippen molar-refractivity contribution in [2.75, 3.05) is 6.61 Å². The maximum absolute atomic E-state index is 11.4. The van der Waals surface area contributed by atoms with Gasteiger partial charge in [0.1, 0.15) is 11.3 Å². The van der Waals surface area contributed by atoms with Gasteiger partial charge in [-0.2, -0.15) is 0 Å². The van der Waals surface area contributed by atoms with Gasteiger partial charge in [-0.25, -0.2) is 4.79 Å². The van der Waals surface area contributed by atoms with Crippen LogP contribution in [0.2, 0.25) is 0 Å². The maximum atomic E-state index is 11.4. The van der Waals surface area contributed by atoms with Crippen LogP contribution in [0.4, 0.5) is 4.79 Å². The van der Waals surface area contributed by atoms with E-state index in [1.807, 2.05) is 0 Å². The molecule has 0 bridgehead atoms. The van der Waals surface area contributed by atoms with E-state index in [0.29, 0.717) is 18.7 Å². The van der Waals surface area contributed by atoms with Crippen molar-refractivity contribution in [3.8, 4) is 0 Å². The summed E-state index contributed by atoms with van der Waals surface area (Å²) in [5, 5.41) is 19.1. The van der Waals surface area contributed by atoms with Crippen LogP contribution >= 0.6 is 0 Å². The highest BCUT2D eigenvalue weighted by Gasteiger charge is 2.15. The molecule has 0 unspecified atom stereocenters. The molecule has 0 aliphatic rings. The van der Waals surface area contributed by atoms with Crippen LogP contribution in [-0.2, 0) is 17.8 Å². The Balaban J connectivity index is 2.35. The largest absolute Gasteiger partial charge is 0.444 e. The number of hydrogen-bond acceptors (Lipinski definition) is 5. The summed E-state index contributed by atoms with van der Waals surface area (Å²) in [5.41, 5.74) is 0.141. The standard InChI is InChI=1S/C11H20N4O3/c1-11(2,3)18-10(17)12-7-9-8-15(14-13-9)5-4-6-16/h8,16H,4-7H2,1-3H3,(H,12,17). The highest BCUT2D eigenvalue weighted by atomic mass is 16.6.